The summed E-state index contributed by atoms with van der Waals surface area (Å²) in [5, 5.41) is 17.1. The number of nitrogens with zero attached hydrogens (tertiary/aromatic N) is 4. The zero-order chi connectivity index (χ0) is 13.9. The van der Waals surface area contributed by atoms with Gasteiger partial charge >= 0.3 is 0 Å². The van der Waals surface area contributed by atoms with E-state index in [1.165, 1.54) is 34.4 Å². The number of aromatic nitrogens is 4. The molecule has 0 atom stereocenters. The van der Waals surface area contributed by atoms with Gasteiger partial charge in [-0.2, -0.15) is 0 Å². The Morgan fingerprint density at radius 3 is 3.05 bits per heavy atom. The van der Waals surface area contributed by atoms with Crippen molar-refractivity contribution in [2.45, 2.75) is 4.34 Å². The van der Waals surface area contributed by atoms with Gasteiger partial charge in [-0.05, 0) is 6.26 Å². The zero-order valence-corrected chi connectivity index (χ0v) is 12.5. The van der Waals surface area contributed by atoms with Crippen LogP contribution in [0.1, 0.15) is 10.6 Å². The predicted molar refractivity (Wildman–Crippen MR) is 77.3 cm³/mol. The molecule has 3 aromatic heterocycles. The summed E-state index contributed by atoms with van der Waals surface area (Å²) in [6.45, 7) is 0. The van der Waals surface area contributed by atoms with Crippen molar-refractivity contribution in [3.63, 3.8) is 0 Å². The van der Waals surface area contributed by atoms with E-state index in [1.807, 2.05) is 11.6 Å². The van der Waals surface area contributed by atoms with Gasteiger partial charge in [-0.1, -0.05) is 28.3 Å². The first-order valence-corrected chi connectivity index (χ1v) is 8.24. The van der Waals surface area contributed by atoms with Gasteiger partial charge in [-0.15, -0.1) is 21.5 Å². The number of nitrogens with one attached hydrogen (secondary N) is 1. The monoisotopic (exact) mass is 325 g/mol. The Hall–Kier alpha value is -1.78. The van der Waals surface area contributed by atoms with Crippen LogP contribution in [0.4, 0.5) is 5.13 Å². The van der Waals surface area contributed by atoms with Crippen molar-refractivity contribution in [3.8, 4) is 10.7 Å². The van der Waals surface area contributed by atoms with E-state index >= 15 is 0 Å². The van der Waals surface area contributed by atoms with Crippen molar-refractivity contribution < 1.29 is 9.32 Å². The third-order valence-electron chi connectivity index (χ3n) is 2.19. The van der Waals surface area contributed by atoms with E-state index < -0.39 is 5.91 Å². The van der Waals surface area contributed by atoms with Gasteiger partial charge in [0.05, 0.1) is 0 Å². The highest BCUT2D eigenvalue weighted by Crippen LogP contribution is 2.24. The van der Waals surface area contributed by atoms with Crippen LogP contribution >= 0.6 is 34.4 Å². The highest BCUT2D eigenvalue weighted by molar-refractivity contribution is 8.00. The standard InChI is InChI=1S/C10H7N5O2S3/c1-18-10-14-13-9(20-10)12-7(16)6-4-5(15-17-6)8-11-2-3-19-8/h2-4H,1H3,(H,12,13,16). The van der Waals surface area contributed by atoms with E-state index in [4.69, 9.17) is 4.52 Å². The Morgan fingerprint density at radius 2 is 2.35 bits per heavy atom. The topological polar surface area (TPSA) is 93.8 Å². The lowest BCUT2D eigenvalue weighted by molar-refractivity contribution is 0.0988. The second-order valence-electron chi connectivity index (χ2n) is 3.45. The van der Waals surface area contributed by atoms with Crippen molar-refractivity contribution in [1.29, 1.82) is 0 Å². The second-order valence-corrected chi connectivity index (χ2v) is 6.37. The average molecular weight is 325 g/mol. The van der Waals surface area contributed by atoms with Gasteiger partial charge in [-0.25, -0.2) is 4.98 Å². The lowest BCUT2D eigenvalue weighted by Crippen LogP contribution is -2.10. The fourth-order valence-corrected chi connectivity index (χ4v) is 3.09. The Kier molecular flexibility index (Phi) is 3.76. The van der Waals surface area contributed by atoms with Crippen LogP contribution in [-0.2, 0) is 0 Å². The molecule has 0 saturated heterocycles. The van der Waals surface area contributed by atoms with Gasteiger partial charge in [-0.3, -0.25) is 10.1 Å². The van der Waals surface area contributed by atoms with E-state index in [1.54, 1.807) is 12.3 Å². The molecule has 7 nitrogen and oxygen atoms in total. The minimum atomic E-state index is -0.413. The average Bonchev–Trinajstić information content (AvgIpc) is 3.19. The molecule has 10 heteroatoms. The molecule has 3 aromatic rings. The molecule has 0 aliphatic rings. The number of hydrogen-bond acceptors (Lipinski definition) is 9. The smallest absolute Gasteiger partial charge is 0.296 e. The molecule has 0 aromatic carbocycles. The van der Waals surface area contributed by atoms with Crippen LogP contribution in [0.15, 0.2) is 26.5 Å². The maximum absolute atomic E-state index is 12.0. The maximum atomic E-state index is 12.0. The van der Waals surface area contributed by atoms with Crippen LogP contribution in [0, 0.1) is 0 Å². The van der Waals surface area contributed by atoms with Crippen LogP contribution in [0.2, 0.25) is 0 Å². The Bertz CT molecular complexity index is 721. The molecular weight excluding hydrogens is 318 g/mol. The quantitative estimate of drug-likeness (QED) is 0.582. The fraction of sp³-hybridized carbons (Fsp3) is 0.100. The Morgan fingerprint density at radius 1 is 1.45 bits per heavy atom. The highest BCUT2D eigenvalue weighted by atomic mass is 32.2. The highest BCUT2D eigenvalue weighted by Gasteiger charge is 2.17. The number of thiazole rings is 1. The summed E-state index contributed by atoms with van der Waals surface area (Å²) in [6, 6.07) is 1.55. The molecule has 0 bridgehead atoms. The lowest BCUT2D eigenvalue weighted by Gasteiger charge is -1.94. The fourth-order valence-electron chi connectivity index (χ4n) is 1.33. The number of rotatable bonds is 4. The van der Waals surface area contributed by atoms with Crippen LogP contribution in [0.25, 0.3) is 10.7 Å². The summed E-state index contributed by atoms with van der Waals surface area (Å²) in [6.07, 6.45) is 3.56. The summed E-state index contributed by atoms with van der Waals surface area (Å²) < 4.78 is 5.79. The summed E-state index contributed by atoms with van der Waals surface area (Å²) in [4.78, 5) is 16.1. The number of hydrogen-bond donors (Lipinski definition) is 1. The van der Waals surface area contributed by atoms with Gasteiger partial charge in [0.15, 0.2) is 4.34 Å². The minimum Gasteiger partial charge on any atom is -0.350 e. The third-order valence-corrected chi connectivity index (χ3v) is 4.80. The molecule has 0 aliphatic heterocycles. The Labute approximate surface area is 125 Å². The molecule has 3 rings (SSSR count). The molecule has 3 heterocycles. The number of thioether (sulfide) groups is 1. The number of anilines is 1. The van der Waals surface area contributed by atoms with E-state index in [9.17, 15) is 4.79 Å². The van der Waals surface area contributed by atoms with Crippen LogP contribution in [-0.4, -0.2) is 32.5 Å². The molecule has 0 unspecified atom stereocenters. The van der Waals surface area contributed by atoms with Gasteiger partial charge < -0.3 is 4.52 Å². The van der Waals surface area contributed by atoms with Gasteiger partial charge in [0.25, 0.3) is 5.91 Å². The van der Waals surface area contributed by atoms with E-state index in [-0.39, 0.29) is 5.76 Å². The first-order chi connectivity index (χ1) is 9.76. The van der Waals surface area contributed by atoms with Crippen molar-refractivity contribution >= 4 is 45.5 Å². The molecule has 0 fully saturated rings. The first kappa shape index (κ1) is 13.2. The molecule has 102 valence electrons. The maximum Gasteiger partial charge on any atom is 0.296 e. The van der Waals surface area contributed by atoms with Crippen molar-refractivity contribution in [2.24, 2.45) is 0 Å². The molecule has 0 spiro atoms. The number of carbonyl (C=O) groups excluding carboxylic acids is 1. The van der Waals surface area contributed by atoms with Crippen molar-refractivity contribution in [1.82, 2.24) is 20.3 Å². The second kappa shape index (κ2) is 5.69. The summed E-state index contributed by atoms with van der Waals surface area (Å²) in [5.74, 6) is -0.305. The first-order valence-electron chi connectivity index (χ1n) is 5.31. The number of amides is 1. The largest absolute Gasteiger partial charge is 0.350 e. The van der Waals surface area contributed by atoms with Crippen LogP contribution in [0.3, 0.4) is 0 Å². The van der Waals surface area contributed by atoms with E-state index in [0.717, 1.165) is 4.34 Å². The van der Waals surface area contributed by atoms with Gasteiger partial charge in [0.2, 0.25) is 10.9 Å². The minimum absolute atomic E-state index is 0.108. The van der Waals surface area contributed by atoms with Gasteiger partial charge in [0, 0.05) is 17.6 Å². The molecule has 0 radical (unpaired) electrons. The lowest BCUT2D eigenvalue weighted by atomic mass is 10.3. The Balaban J connectivity index is 1.74. The molecule has 20 heavy (non-hydrogen) atoms. The summed E-state index contributed by atoms with van der Waals surface area (Å²) in [7, 11) is 0. The third kappa shape index (κ3) is 2.71. The SMILES string of the molecule is CSc1nnc(NC(=O)c2cc(-c3nccs3)no2)s1. The summed E-state index contributed by atoms with van der Waals surface area (Å²) in [5.41, 5.74) is 0.534. The molecule has 1 N–H and O–H groups in total. The number of carbonyl (C=O) groups is 1. The summed E-state index contributed by atoms with van der Waals surface area (Å²) >= 11 is 4.19. The van der Waals surface area contributed by atoms with Crippen molar-refractivity contribution in [2.75, 3.05) is 11.6 Å². The zero-order valence-electron chi connectivity index (χ0n) is 10.1. The normalized spacial score (nSPS) is 10.7. The van der Waals surface area contributed by atoms with E-state index in [2.05, 4.69) is 25.7 Å². The predicted octanol–water partition coefficient (Wildman–Crippen LogP) is 2.62. The van der Waals surface area contributed by atoms with E-state index in [0.29, 0.717) is 15.8 Å². The molecular formula is C10H7N5O2S3. The molecule has 0 aliphatic carbocycles. The molecule has 0 saturated carbocycles. The van der Waals surface area contributed by atoms with Crippen LogP contribution < -0.4 is 5.32 Å². The van der Waals surface area contributed by atoms with Crippen molar-refractivity contribution in [3.05, 3.63) is 23.4 Å². The van der Waals surface area contributed by atoms with Gasteiger partial charge in [0.1, 0.15) is 10.7 Å². The molecule has 1 amide bonds. The van der Waals surface area contributed by atoms with Crippen LogP contribution in [0.5, 0.6) is 0 Å².